The van der Waals surface area contributed by atoms with Crippen molar-refractivity contribution in [2.24, 2.45) is 5.29 Å². The third-order valence-electron chi connectivity index (χ3n) is 2.89. The minimum atomic E-state index is -1.67. The summed E-state index contributed by atoms with van der Waals surface area (Å²) in [4.78, 5) is 22.0. The molecule has 1 aliphatic heterocycles. The van der Waals surface area contributed by atoms with E-state index in [0.29, 0.717) is 11.4 Å². The predicted molar refractivity (Wildman–Crippen MR) is 65.1 cm³/mol. The lowest BCUT2D eigenvalue weighted by Gasteiger charge is -2.37. The van der Waals surface area contributed by atoms with Crippen molar-refractivity contribution < 1.29 is 30.0 Å². The van der Waals surface area contributed by atoms with E-state index >= 15 is 0 Å². The molecule has 116 valence electrons. The van der Waals surface area contributed by atoms with E-state index in [0.717, 1.165) is 0 Å². The highest BCUT2D eigenvalue weighted by Crippen LogP contribution is 2.17. The van der Waals surface area contributed by atoms with Gasteiger partial charge in [0.05, 0.1) is 11.9 Å². The summed E-state index contributed by atoms with van der Waals surface area (Å²) in [5.74, 6) is 0. The van der Waals surface area contributed by atoms with Gasteiger partial charge in [0.1, 0.15) is 24.4 Å². The van der Waals surface area contributed by atoms with Crippen molar-refractivity contribution in [3.8, 4) is 0 Å². The van der Waals surface area contributed by atoms with Gasteiger partial charge < -0.3 is 30.5 Å². The standard InChI is InChI=1S/C10H19N3O7/c1-2-3-13(12-19)10(18)11-9(17)8-7(16)6(15)5(14)4-20-8/h5-9,14-17H,2-4H2,1H3,(H,11,18)/t5-,6+,7-,8-,9?/m0/s1. The van der Waals surface area contributed by atoms with E-state index in [4.69, 9.17) is 4.74 Å². The average Bonchev–Trinajstić information content (AvgIpc) is 2.41. The van der Waals surface area contributed by atoms with Crippen LogP contribution in [0.3, 0.4) is 0 Å². The van der Waals surface area contributed by atoms with Crippen molar-refractivity contribution in [3.63, 3.8) is 0 Å². The van der Waals surface area contributed by atoms with E-state index in [1.54, 1.807) is 6.92 Å². The maximum absolute atomic E-state index is 11.6. The van der Waals surface area contributed by atoms with E-state index in [-0.39, 0.29) is 13.2 Å². The first-order valence-electron chi connectivity index (χ1n) is 6.17. The minimum absolute atomic E-state index is 0.0669. The van der Waals surface area contributed by atoms with Crippen LogP contribution in [0.2, 0.25) is 0 Å². The fourth-order valence-electron chi connectivity index (χ4n) is 1.78. The van der Waals surface area contributed by atoms with Gasteiger partial charge in [-0.25, -0.2) is 4.79 Å². The number of carbonyl (C=O) groups excluding carboxylic acids is 1. The van der Waals surface area contributed by atoms with Crippen LogP contribution in [0, 0.1) is 4.91 Å². The van der Waals surface area contributed by atoms with Crippen LogP contribution in [0.15, 0.2) is 5.29 Å². The summed E-state index contributed by atoms with van der Waals surface area (Å²) in [7, 11) is 0. The summed E-state index contributed by atoms with van der Waals surface area (Å²) in [6.45, 7) is 1.49. The van der Waals surface area contributed by atoms with Crippen molar-refractivity contribution in [2.75, 3.05) is 13.2 Å². The number of aliphatic hydroxyl groups is 4. The van der Waals surface area contributed by atoms with E-state index in [2.05, 4.69) is 5.29 Å². The molecule has 10 nitrogen and oxygen atoms in total. The lowest BCUT2D eigenvalue weighted by Crippen LogP contribution is -2.61. The molecule has 5 atom stereocenters. The number of amides is 2. The van der Waals surface area contributed by atoms with Gasteiger partial charge in [-0.05, 0) is 6.42 Å². The molecule has 1 rings (SSSR count). The highest BCUT2D eigenvalue weighted by molar-refractivity contribution is 5.73. The van der Waals surface area contributed by atoms with Gasteiger partial charge >= 0.3 is 6.03 Å². The van der Waals surface area contributed by atoms with Gasteiger partial charge in [-0.15, -0.1) is 4.91 Å². The number of rotatable bonds is 5. The maximum Gasteiger partial charge on any atom is 0.342 e. The molecule has 1 aliphatic rings. The van der Waals surface area contributed by atoms with Gasteiger partial charge in [0.15, 0.2) is 6.23 Å². The molecule has 20 heavy (non-hydrogen) atoms. The molecule has 1 heterocycles. The fourth-order valence-corrected chi connectivity index (χ4v) is 1.78. The second kappa shape index (κ2) is 7.45. The van der Waals surface area contributed by atoms with Crippen molar-refractivity contribution >= 4 is 6.03 Å². The zero-order chi connectivity index (χ0) is 15.3. The number of urea groups is 1. The lowest BCUT2D eigenvalue weighted by atomic mass is 9.99. The van der Waals surface area contributed by atoms with Crippen molar-refractivity contribution in [2.45, 2.75) is 44.0 Å². The Hall–Kier alpha value is -1.33. The maximum atomic E-state index is 11.6. The van der Waals surface area contributed by atoms with Crippen LogP contribution >= 0.6 is 0 Å². The van der Waals surface area contributed by atoms with Crippen LogP contribution in [0.25, 0.3) is 0 Å². The normalized spacial score (nSPS) is 31.4. The third-order valence-corrected chi connectivity index (χ3v) is 2.89. The monoisotopic (exact) mass is 293 g/mol. The Morgan fingerprint density at radius 1 is 1.45 bits per heavy atom. The van der Waals surface area contributed by atoms with Crippen LogP contribution in [0.5, 0.6) is 0 Å². The molecule has 0 aromatic rings. The lowest BCUT2D eigenvalue weighted by molar-refractivity contribution is -0.213. The molecular weight excluding hydrogens is 274 g/mol. The van der Waals surface area contributed by atoms with Crippen LogP contribution in [-0.2, 0) is 4.74 Å². The first-order chi connectivity index (χ1) is 9.42. The van der Waals surface area contributed by atoms with E-state index in [1.807, 2.05) is 5.32 Å². The molecule has 5 N–H and O–H groups in total. The predicted octanol–water partition coefficient (Wildman–Crippen LogP) is -2.11. The van der Waals surface area contributed by atoms with Crippen molar-refractivity contribution in [1.82, 2.24) is 10.3 Å². The number of aliphatic hydroxyl groups excluding tert-OH is 4. The number of hydrogen-bond donors (Lipinski definition) is 5. The van der Waals surface area contributed by atoms with Crippen LogP contribution < -0.4 is 5.32 Å². The summed E-state index contributed by atoms with van der Waals surface area (Å²) in [6.07, 6.45) is -6.87. The molecule has 0 aliphatic carbocycles. The second-order valence-corrected chi connectivity index (χ2v) is 4.45. The summed E-state index contributed by atoms with van der Waals surface area (Å²) >= 11 is 0. The Kier molecular flexibility index (Phi) is 6.23. The molecule has 1 fully saturated rings. The summed E-state index contributed by atoms with van der Waals surface area (Å²) < 4.78 is 4.96. The van der Waals surface area contributed by atoms with Crippen LogP contribution in [0.4, 0.5) is 4.79 Å². The Balaban J connectivity index is 2.59. The molecule has 0 saturated carbocycles. The van der Waals surface area contributed by atoms with E-state index in [1.165, 1.54) is 0 Å². The topological polar surface area (TPSA) is 152 Å². The zero-order valence-electron chi connectivity index (χ0n) is 10.9. The van der Waals surface area contributed by atoms with E-state index < -0.39 is 36.7 Å². The first kappa shape index (κ1) is 16.7. The Bertz CT molecular complexity index is 343. The summed E-state index contributed by atoms with van der Waals surface area (Å²) in [5, 5.41) is 43.2. The Morgan fingerprint density at radius 2 is 2.10 bits per heavy atom. The number of nitroso groups, excluding NO2 is 1. The van der Waals surface area contributed by atoms with Crippen LogP contribution in [0.1, 0.15) is 13.3 Å². The number of nitrogens with one attached hydrogen (secondary N) is 1. The SMILES string of the molecule is CCCN(N=O)C(=O)NC(O)[C@H]1OC[C@H](O)[C@@H](O)[C@@H]1O. The minimum Gasteiger partial charge on any atom is -0.388 e. The largest absolute Gasteiger partial charge is 0.388 e. The number of carbonyl (C=O) groups is 1. The Labute approximate surface area is 114 Å². The zero-order valence-corrected chi connectivity index (χ0v) is 10.9. The number of nitrogens with zero attached hydrogens (tertiary/aromatic N) is 2. The molecule has 0 radical (unpaired) electrons. The Morgan fingerprint density at radius 3 is 2.65 bits per heavy atom. The molecule has 10 heteroatoms. The van der Waals surface area contributed by atoms with Crippen LogP contribution in [-0.4, -0.2) is 75.3 Å². The summed E-state index contributed by atoms with van der Waals surface area (Å²) in [5.41, 5.74) is 0. The molecule has 0 aromatic heterocycles. The van der Waals surface area contributed by atoms with E-state index in [9.17, 15) is 30.1 Å². The number of ether oxygens (including phenoxy) is 1. The fraction of sp³-hybridized carbons (Fsp3) is 0.900. The molecule has 0 spiro atoms. The molecule has 0 bridgehead atoms. The van der Waals surface area contributed by atoms with Crippen molar-refractivity contribution in [3.05, 3.63) is 4.91 Å². The second-order valence-electron chi connectivity index (χ2n) is 4.45. The van der Waals surface area contributed by atoms with Gasteiger partial charge in [-0.2, -0.15) is 5.01 Å². The first-order valence-corrected chi connectivity index (χ1v) is 6.17. The molecule has 1 saturated heterocycles. The highest BCUT2D eigenvalue weighted by Gasteiger charge is 2.41. The summed E-state index contributed by atoms with van der Waals surface area (Å²) in [6, 6.07) is -0.953. The van der Waals surface area contributed by atoms with Gasteiger partial charge in [0.25, 0.3) is 0 Å². The molecule has 0 aromatic carbocycles. The quantitative estimate of drug-likeness (QED) is 0.221. The average molecular weight is 293 g/mol. The van der Waals surface area contributed by atoms with Gasteiger partial charge in [0.2, 0.25) is 0 Å². The highest BCUT2D eigenvalue weighted by atomic mass is 16.5. The number of hydrogen-bond acceptors (Lipinski definition) is 8. The van der Waals surface area contributed by atoms with Gasteiger partial charge in [-0.1, -0.05) is 6.92 Å². The van der Waals surface area contributed by atoms with Gasteiger partial charge in [-0.3, -0.25) is 0 Å². The molecule has 2 amide bonds. The van der Waals surface area contributed by atoms with Gasteiger partial charge in [0, 0.05) is 6.54 Å². The van der Waals surface area contributed by atoms with Crippen molar-refractivity contribution in [1.29, 1.82) is 0 Å². The molecular formula is C10H19N3O7. The molecule has 1 unspecified atom stereocenters. The smallest absolute Gasteiger partial charge is 0.342 e. The third kappa shape index (κ3) is 3.84.